The van der Waals surface area contributed by atoms with Crippen LogP contribution in [0.5, 0.6) is 0 Å². The number of rotatable bonds is 9. The molecule has 3 amide bonds. The molecule has 3 N–H and O–H groups in total. The van der Waals surface area contributed by atoms with E-state index in [4.69, 9.17) is 11.6 Å². The highest BCUT2D eigenvalue weighted by molar-refractivity contribution is 6.32. The van der Waals surface area contributed by atoms with Crippen LogP contribution in [0, 0.1) is 0 Å². The summed E-state index contributed by atoms with van der Waals surface area (Å²) in [6, 6.07) is 5.13. The van der Waals surface area contributed by atoms with E-state index in [0.717, 1.165) is 25.7 Å². The van der Waals surface area contributed by atoms with Crippen molar-refractivity contribution in [2.45, 2.75) is 59.3 Å². The van der Waals surface area contributed by atoms with Gasteiger partial charge in [0.05, 0.1) is 0 Å². The van der Waals surface area contributed by atoms with Gasteiger partial charge in [0, 0.05) is 40.5 Å². The molecule has 0 atom stereocenters. The molecular formula is C24H32ClN3O3. The number of nitrogens with one attached hydrogen (secondary N) is 3. The van der Waals surface area contributed by atoms with E-state index in [0.29, 0.717) is 58.9 Å². The third kappa shape index (κ3) is 7.24. The molecule has 0 aliphatic heterocycles. The second-order valence-electron chi connectivity index (χ2n) is 7.69. The lowest BCUT2D eigenvalue weighted by Gasteiger charge is -2.19. The largest absolute Gasteiger partial charge is 0.352 e. The van der Waals surface area contributed by atoms with Gasteiger partial charge in [0.1, 0.15) is 0 Å². The Labute approximate surface area is 189 Å². The fraction of sp³-hybridized carbons (Fsp3) is 0.458. The Bertz CT molecular complexity index is 890. The van der Waals surface area contributed by atoms with Gasteiger partial charge in [0.25, 0.3) is 5.91 Å². The van der Waals surface area contributed by atoms with E-state index in [9.17, 15) is 14.4 Å². The first-order valence-electron chi connectivity index (χ1n) is 10.9. The van der Waals surface area contributed by atoms with E-state index < -0.39 is 0 Å². The molecule has 0 aromatic heterocycles. The first-order valence-corrected chi connectivity index (χ1v) is 11.3. The van der Waals surface area contributed by atoms with E-state index in [1.54, 1.807) is 31.2 Å². The minimum atomic E-state index is -0.268. The summed E-state index contributed by atoms with van der Waals surface area (Å²) in [6.07, 6.45) is 6.38. The molecule has 7 heteroatoms. The maximum Gasteiger partial charge on any atom is 0.252 e. The number of carbonyl (C=O) groups is 3. The van der Waals surface area contributed by atoms with Crippen molar-refractivity contribution in [2.24, 2.45) is 0 Å². The number of amides is 3. The standard InChI is InChI=1S/C24H32ClN3O3/c1-4-12-26-22(29)16(3)14-17-15-18(10-11-21(17)25)28-24(31)20-9-7-6-8-19(20)23(30)27-13-5-2/h10-11,14-15H,4-9,12-13H2,1-3H3,(H,26,29)(H,27,30)(H,28,31). The number of anilines is 1. The molecule has 0 saturated heterocycles. The predicted molar refractivity (Wildman–Crippen MR) is 126 cm³/mol. The van der Waals surface area contributed by atoms with E-state index in [-0.39, 0.29) is 17.7 Å². The van der Waals surface area contributed by atoms with Gasteiger partial charge >= 0.3 is 0 Å². The van der Waals surface area contributed by atoms with Crippen LogP contribution in [0.2, 0.25) is 5.02 Å². The van der Waals surface area contributed by atoms with Crippen molar-refractivity contribution in [3.05, 3.63) is 45.5 Å². The van der Waals surface area contributed by atoms with Gasteiger partial charge in [0.15, 0.2) is 0 Å². The quantitative estimate of drug-likeness (QED) is 0.485. The Morgan fingerprint density at radius 3 is 2.23 bits per heavy atom. The molecule has 6 nitrogen and oxygen atoms in total. The predicted octanol–water partition coefficient (Wildman–Crippen LogP) is 4.60. The Balaban J connectivity index is 2.21. The minimum absolute atomic E-state index is 0.151. The Morgan fingerprint density at radius 1 is 0.968 bits per heavy atom. The van der Waals surface area contributed by atoms with E-state index >= 15 is 0 Å². The van der Waals surface area contributed by atoms with Gasteiger partial charge < -0.3 is 16.0 Å². The molecule has 0 fully saturated rings. The van der Waals surface area contributed by atoms with Crippen molar-refractivity contribution in [3.8, 4) is 0 Å². The zero-order valence-electron chi connectivity index (χ0n) is 18.6. The van der Waals surface area contributed by atoms with Crippen LogP contribution in [0.3, 0.4) is 0 Å². The smallest absolute Gasteiger partial charge is 0.252 e. The first-order chi connectivity index (χ1) is 14.9. The molecule has 0 spiro atoms. The molecule has 0 radical (unpaired) electrons. The van der Waals surface area contributed by atoms with Crippen molar-refractivity contribution in [1.29, 1.82) is 0 Å². The zero-order chi connectivity index (χ0) is 22.8. The molecule has 0 bridgehead atoms. The molecule has 31 heavy (non-hydrogen) atoms. The molecule has 2 rings (SSSR count). The number of hydrogen-bond acceptors (Lipinski definition) is 3. The summed E-state index contributed by atoms with van der Waals surface area (Å²) in [5.74, 6) is -0.571. The van der Waals surface area contributed by atoms with Crippen molar-refractivity contribution in [1.82, 2.24) is 10.6 Å². The van der Waals surface area contributed by atoms with Crippen molar-refractivity contribution >= 4 is 41.1 Å². The minimum Gasteiger partial charge on any atom is -0.352 e. The lowest BCUT2D eigenvalue weighted by molar-refractivity contribution is -0.119. The molecule has 1 aliphatic rings. The molecular weight excluding hydrogens is 414 g/mol. The summed E-state index contributed by atoms with van der Waals surface area (Å²) in [4.78, 5) is 37.5. The number of benzene rings is 1. The van der Waals surface area contributed by atoms with Crippen molar-refractivity contribution in [2.75, 3.05) is 18.4 Å². The van der Waals surface area contributed by atoms with Crippen LogP contribution in [0.25, 0.3) is 6.08 Å². The van der Waals surface area contributed by atoms with Crippen LogP contribution in [0.15, 0.2) is 34.9 Å². The molecule has 1 aromatic rings. The van der Waals surface area contributed by atoms with Gasteiger partial charge in [-0.05, 0) is 75.3 Å². The molecule has 0 saturated carbocycles. The third-order valence-electron chi connectivity index (χ3n) is 5.07. The van der Waals surface area contributed by atoms with Crippen LogP contribution in [0.4, 0.5) is 5.69 Å². The summed E-state index contributed by atoms with van der Waals surface area (Å²) < 4.78 is 0. The van der Waals surface area contributed by atoms with Crippen LogP contribution in [-0.2, 0) is 14.4 Å². The summed E-state index contributed by atoms with van der Waals surface area (Å²) in [5, 5.41) is 9.08. The topological polar surface area (TPSA) is 87.3 Å². The Hall–Kier alpha value is -2.60. The fourth-order valence-corrected chi connectivity index (χ4v) is 3.54. The Kier molecular flexibility index (Phi) is 9.79. The average Bonchev–Trinajstić information content (AvgIpc) is 2.77. The summed E-state index contributed by atoms with van der Waals surface area (Å²) in [6.45, 7) is 6.90. The van der Waals surface area contributed by atoms with Gasteiger partial charge in [-0.25, -0.2) is 0 Å². The lowest BCUT2D eigenvalue weighted by Crippen LogP contribution is -2.30. The van der Waals surface area contributed by atoms with E-state index in [1.165, 1.54) is 0 Å². The highest BCUT2D eigenvalue weighted by atomic mass is 35.5. The van der Waals surface area contributed by atoms with Crippen LogP contribution >= 0.6 is 11.6 Å². The second-order valence-corrected chi connectivity index (χ2v) is 8.10. The van der Waals surface area contributed by atoms with Gasteiger partial charge in [-0.15, -0.1) is 0 Å². The van der Waals surface area contributed by atoms with Crippen molar-refractivity contribution in [3.63, 3.8) is 0 Å². The summed E-state index contributed by atoms with van der Waals surface area (Å²) in [5.41, 5.74) is 2.86. The monoisotopic (exact) mass is 445 g/mol. The van der Waals surface area contributed by atoms with Crippen LogP contribution in [0.1, 0.15) is 64.9 Å². The highest BCUT2D eigenvalue weighted by Crippen LogP contribution is 2.28. The molecule has 168 valence electrons. The van der Waals surface area contributed by atoms with E-state index in [2.05, 4.69) is 16.0 Å². The normalized spacial score (nSPS) is 14.3. The fourth-order valence-electron chi connectivity index (χ4n) is 3.37. The molecule has 0 unspecified atom stereocenters. The van der Waals surface area contributed by atoms with Crippen LogP contribution < -0.4 is 16.0 Å². The maximum absolute atomic E-state index is 12.9. The number of carbonyl (C=O) groups excluding carboxylic acids is 3. The van der Waals surface area contributed by atoms with Crippen LogP contribution in [-0.4, -0.2) is 30.8 Å². The maximum atomic E-state index is 12.9. The molecule has 1 aliphatic carbocycles. The zero-order valence-corrected chi connectivity index (χ0v) is 19.3. The van der Waals surface area contributed by atoms with Gasteiger partial charge in [-0.3, -0.25) is 14.4 Å². The van der Waals surface area contributed by atoms with E-state index in [1.807, 2.05) is 13.8 Å². The summed E-state index contributed by atoms with van der Waals surface area (Å²) >= 11 is 6.30. The first kappa shape index (κ1) is 24.7. The molecule has 1 aromatic carbocycles. The second kappa shape index (κ2) is 12.3. The average molecular weight is 446 g/mol. The van der Waals surface area contributed by atoms with Crippen molar-refractivity contribution < 1.29 is 14.4 Å². The van der Waals surface area contributed by atoms with Gasteiger partial charge in [0.2, 0.25) is 11.8 Å². The van der Waals surface area contributed by atoms with Gasteiger partial charge in [-0.1, -0.05) is 25.4 Å². The summed E-state index contributed by atoms with van der Waals surface area (Å²) in [7, 11) is 0. The number of hydrogen-bond donors (Lipinski definition) is 3. The molecule has 0 heterocycles. The number of halogens is 1. The highest BCUT2D eigenvalue weighted by Gasteiger charge is 2.23. The third-order valence-corrected chi connectivity index (χ3v) is 5.42. The Morgan fingerprint density at radius 2 is 1.58 bits per heavy atom. The van der Waals surface area contributed by atoms with Gasteiger partial charge in [-0.2, -0.15) is 0 Å². The lowest BCUT2D eigenvalue weighted by atomic mass is 9.90. The SMILES string of the molecule is CCCNC(=O)C(C)=Cc1cc(NC(=O)C2=C(C(=O)NCCC)CCCC2)ccc1Cl.